The molecule has 0 bridgehead atoms. The molecule has 0 radical (unpaired) electrons. The monoisotopic (exact) mass is 411 g/mol. The van der Waals surface area contributed by atoms with Crippen molar-refractivity contribution < 1.29 is 13.7 Å². The minimum absolute atomic E-state index is 0.0107. The lowest BCUT2D eigenvalue weighted by Crippen LogP contribution is -2.25. The van der Waals surface area contributed by atoms with E-state index in [9.17, 15) is 9.00 Å². The molecule has 1 saturated heterocycles. The van der Waals surface area contributed by atoms with Crippen molar-refractivity contribution in [1.82, 2.24) is 0 Å². The van der Waals surface area contributed by atoms with E-state index in [2.05, 4.69) is 23.5 Å². The topological polar surface area (TPSA) is 55.4 Å². The van der Waals surface area contributed by atoms with Gasteiger partial charge in [0.25, 0.3) is 0 Å². The first-order valence-corrected chi connectivity index (χ1v) is 12.0. The van der Waals surface area contributed by atoms with Crippen molar-refractivity contribution in [3.8, 4) is 0 Å². The molecule has 0 saturated carbocycles. The molecule has 1 aliphatic carbocycles. The highest BCUT2D eigenvalue weighted by molar-refractivity contribution is 7.84. The maximum absolute atomic E-state index is 12.6. The van der Waals surface area contributed by atoms with Crippen LogP contribution in [0.1, 0.15) is 47.9 Å². The Bertz CT molecular complexity index is 889. The number of hydrogen-bond donors (Lipinski definition) is 1. The second-order valence-electron chi connectivity index (χ2n) is 8.07. The van der Waals surface area contributed by atoms with Crippen molar-refractivity contribution in [2.75, 3.05) is 18.5 Å². The molecule has 4 nitrogen and oxygen atoms in total. The molecule has 1 unspecified atom stereocenters. The highest BCUT2D eigenvalue weighted by Crippen LogP contribution is 2.23. The number of anilines is 1. The van der Waals surface area contributed by atoms with Crippen LogP contribution in [0, 0.1) is 0 Å². The average molecular weight is 412 g/mol. The molecule has 29 heavy (non-hydrogen) atoms. The molecule has 5 heteroatoms. The first kappa shape index (κ1) is 20.3. The first-order chi connectivity index (χ1) is 14.2. The number of rotatable bonds is 6. The summed E-state index contributed by atoms with van der Waals surface area (Å²) >= 11 is 0. The average Bonchev–Trinajstić information content (AvgIpc) is 2.74. The van der Waals surface area contributed by atoms with Gasteiger partial charge in [0.1, 0.15) is 0 Å². The Labute approximate surface area is 175 Å². The number of nitrogens with one attached hydrogen (secondary N) is 1. The number of hydrogen-bond acceptors (Lipinski definition) is 3. The van der Waals surface area contributed by atoms with E-state index in [0.717, 1.165) is 42.5 Å². The lowest BCUT2D eigenvalue weighted by Gasteiger charge is -2.21. The third-order valence-corrected chi connectivity index (χ3v) is 7.67. The molecule has 0 aromatic heterocycles. The molecule has 1 heterocycles. The van der Waals surface area contributed by atoms with Gasteiger partial charge < -0.3 is 10.1 Å². The molecule has 2 aromatic rings. The Morgan fingerprint density at radius 3 is 2.62 bits per heavy atom. The van der Waals surface area contributed by atoms with Crippen LogP contribution in [-0.2, 0) is 45.3 Å². The molecular formula is C24H29NO3S. The Morgan fingerprint density at radius 2 is 1.79 bits per heavy atom. The van der Waals surface area contributed by atoms with Crippen LogP contribution >= 0.6 is 0 Å². The summed E-state index contributed by atoms with van der Waals surface area (Å²) in [6.45, 7) is 1.41. The molecule has 1 atom stereocenters. The van der Waals surface area contributed by atoms with Crippen LogP contribution in [0.5, 0.6) is 0 Å². The third kappa shape index (κ3) is 5.55. The summed E-state index contributed by atoms with van der Waals surface area (Å²) in [7, 11) is -0.904. The van der Waals surface area contributed by atoms with Crippen LogP contribution in [0.4, 0.5) is 5.69 Å². The van der Waals surface area contributed by atoms with E-state index < -0.39 is 10.8 Å². The van der Waals surface area contributed by atoms with Gasteiger partial charge in [-0.2, -0.15) is 0 Å². The predicted molar refractivity (Wildman–Crippen MR) is 118 cm³/mol. The molecule has 154 valence electrons. The van der Waals surface area contributed by atoms with E-state index in [1.165, 1.54) is 24.0 Å². The lowest BCUT2D eigenvalue weighted by atomic mass is 9.90. The van der Waals surface area contributed by atoms with E-state index in [4.69, 9.17) is 4.74 Å². The van der Waals surface area contributed by atoms with Crippen molar-refractivity contribution in [3.05, 3.63) is 64.7 Å². The van der Waals surface area contributed by atoms with Crippen molar-refractivity contribution >= 4 is 22.4 Å². The van der Waals surface area contributed by atoms with Gasteiger partial charge in [-0.05, 0) is 72.9 Å². The molecule has 2 aliphatic rings. The molecular weight excluding hydrogens is 382 g/mol. The van der Waals surface area contributed by atoms with Crippen molar-refractivity contribution in [2.45, 2.75) is 55.9 Å². The van der Waals surface area contributed by atoms with Gasteiger partial charge in [-0.3, -0.25) is 9.00 Å². The van der Waals surface area contributed by atoms with Crippen LogP contribution in [0.3, 0.4) is 0 Å². The van der Waals surface area contributed by atoms with Gasteiger partial charge in [0.2, 0.25) is 5.91 Å². The second-order valence-corrected chi connectivity index (χ2v) is 9.79. The molecule has 2 aromatic carbocycles. The number of carbonyl (C=O) groups excluding carboxylic acids is 1. The largest absolute Gasteiger partial charge is 0.381 e. The van der Waals surface area contributed by atoms with Gasteiger partial charge in [0, 0.05) is 40.7 Å². The highest BCUT2D eigenvalue weighted by atomic mass is 32.2. The van der Waals surface area contributed by atoms with Crippen molar-refractivity contribution in [3.63, 3.8) is 0 Å². The standard InChI is InChI=1S/C24H29NO3S/c26-24(16-18-8-9-20-5-1-2-6-21(20)14-18)25-22-7-3-4-19(15-22)17-29(27)23-10-12-28-13-11-23/h3-4,7-9,14-15,23H,1-2,5-6,10-13,16-17H2,(H,25,26). The van der Waals surface area contributed by atoms with Crippen molar-refractivity contribution in [2.24, 2.45) is 0 Å². The molecule has 1 fully saturated rings. The summed E-state index contributed by atoms with van der Waals surface area (Å²) in [5, 5.41) is 3.22. The second kappa shape index (κ2) is 9.68. The van der Waals surface area contributed by atoms with Crippen LogP contribution in [0.25, 0.3) is 0 Å². The molecule has 1 amide bonds. The van der Waals surface area contributed by atoms with E-state index in [0.29, 0.717) is 25.4 Å². The summed E-state index contributed by atoms with van der Waals surface area (Å²) in [6, 6.07) is 14.2. The van der Waals surface area contributed by atoms with Gasteiger partial charge in [0.15, 0.2) is 0 Å². The van der Waals surface area contributed by atoms with Gasteiger partial charge in [0.05, 0.1) is 6.42 Å². The fourth-order valence-corrected chi connectivity index (χ4v) is 5.71. The Hall–Kier alpha value is -1.98. The van der Waals surface area contributed by atoms with Crippen LogP contribution in [-0.4, -0.2) is 28.6 Å². The zero-order valence-corrected chi connectivity index (χ0v) is 17.6. The Kier molecular flexibility index (Phi) is 6.78. The molecule has 1 aliphatic heterocycles. The molecule has 4 rings (SSSR count). The number of amides is 1. The smallest absolute Gasteiger partial charge is 0.228 e. The summed E-state index contributed by atoms with van der Waals surface area (Å²) in [5.74, 6) is 0.516. The van der Waals surface area contributed by atoms with E-state index in [1.54, 1.807) is 0 Å². The molecule has 1 N–H and O–H groups in total. The Morgan fingerprint density at radius 1 is 1.00 bits per heavy atom. The van der Waals surface area contributed by atoms with Crippen LogP contribution < -0.4 is 5.32 Å². The maximum Gasteiger partial charge on any atom is 0.228 e. The van der Waals surface area contributed by atoms with Gasteiger partial charge in [-0.15, -0.1) is 0 Å². The summed E-state index contributed by atoms with van der Waals surface area (Å²) in [4.78, 5) is 12.5. The maximum atomic E-state index is 12.6. The van der Waals surface area contributed by atoms with Crippen LogP contribution in [0.15, 0.2) is 42.5 Å². The molecule has 0 spiro atoms. The summed E-state index contributed by atoms with van der Waals surface area (Å²) in [6.07, 6.45) is 6.90. The van der Waals surface area contributed by atoms with Gasteiger partial charge in [-0.1, -0.05) is 30.3 Å². The number of fused-ring (bicyclic) bond motifs is 1. The fraction of sp³-hybridized carbons (Fsp3) is 0.458. The first-order valence-electron chi connectivity index (χ1n) is 10.6. The minimum atomic E-state index is -0.904. The number of carbonyl (C=O) groups is 1. The van der Waals surface area contributed by atoms with Crippen molar-refractivity contribution in [1.29, 1.82) is 0 Å². The number of ether oxygens (including phenoxy) is 1. The third-order valence-electron chi connectivity index (χ3n) is 5.84. The zero-order chi connectivity index (χ0) is 20.1. The van der Waals surface area contributed by atoms with E-state index >= 15 is 0 Å². The number of benzene rings is 2. The number of aryl methyl sites for hydroxylation is 2. The van der Waals surface area contributed by atoms with E-state index in [1.807, 2.05) is 24.3 Å². The lowest BCUT2D eigenvalue weighted by molar-refractivity contribution is -0.115. The minimum Gasteiger partial charge on any atom is -0.381 e. The van der Waals surface area contributed by atoms with E-state index in [-0.39, 0.29) is 11.2 Å². The van der Waals surface area contributed by atoms with Gasteiger partial charge >= 0.3 is 0 Å². The quantitative estimate of drug-likeness (QED) is 0.776. The highest BCUT2D eigenvalue weighted by Gasteiger charge is 2.20. The van der Waals surface area contributed by atoms with Gasteiger partial charge in [-0.25, -0.2) is 0 Å². The Balaban J connectivity index is 1.35. The zero-order valence-electron chi connectivity index (χ0n) is 16.8. The van der Waals surface area contributed by atoms with Crippen LogP contribution in [0.2, 0.25) is 0 Å². The summed E-state index contributed by atoms with van der Waals surface area (Å²) in [5.41, 5.74) is 5.68. The summed E-state index contributed by atoms with van der Waals surface area (Å²) < 4.78 is 18.0. The predicted octanol–water partition coefficient (Wildman–Crippen LogP) is 4.17. The SMILES string of the molecule is O=C(Cc1ccc2c(c1)CCCC2)Nc1cccc(CS(=O)C2CCOCC2)c1. The fourth-order valence-electron chi connectivity index (χ4n) is 4.25. The normalized spacial score (nSPS) is 18.1.